The van der Waals surface area contributed by atoms with Gasteiger partial charge in [0, 0.05) is 0 Å². The molecule has 0 aliphatic carbocycles. The predicted octanol–water partition coefficient (Wildman–Crippen LogP) is 1.63. The van der Waals surface area contributed by atoms with E-state index in [2.05, 4.69) is 19.1 Å². The van der Waals surface area contributed by atoms with E-state index in [0.29, 0.717) is 5.92 Å². The molecule has 0 saturated heterocycles. The normalized spacial score (nSPS) is 12.8. The number of hydrogen-bond donors (Lipinski definition) is 2. The molecule has 1 atom stereocenters. The summed E-state index contributed by atoms with van der Waals surface area (Å²) >= 11 is 0. The summed E-state index contributed by atoms with van der Waals surface area (Å²) in [5.74, 6) is 0.512. The Labute approximate surface area is 79.4 Å². The van der Waals surface area contributed by atoms with Crippen LogP contribution >= 0.6 is 0 Å². The van der Waals surface area contributed by atoms with Crippen molar-refractivity contribution in [2.75, 3.05) is 6.54 Å². The van der Waals surface area contributed by atoms with Crippen LogP contribution in [-0.4, -0.2) is 11.7 Å². The van der Waals surface area contributed by atoms with Crippen LogP contribution in [0.2, 0.25) is 0 Å². The van der Waals surface area contributed by atoms with Gasteiger partial charge < -0.3 is 10.8 Å². The molecule has 1 rings (SSSR count). The Balaban J connectivity index is 2.67. The molecule has 0 aliphatic heterocycles. The quantitative estimate of drug-likeness (QED) is 0.738. The minimum absolute atomic E-state index is 0.117. The zero-order chi connectivity index (χ0) is 9.68. The summed E-state index contributed by atoms with van der Waals surface area (Å²) in [6.07, 6.45) is 1.01. The molecular weight excluding hydrogens is 162 g/mol. The molecule has 0 aliphatic rings. The predicted molar refractivity (Wildman–Crippen MR) is 54.5 cm³/mol. The van der Waals surface area contributed by atoms with Crippen LogP contribution in [0.1, 0.15) is 30.4 Å². The fourth-order valence-corrected chi connectivity index (χ4v) is 1.37. The fourth-order valence-electron chi connectivity index (χ4n) is 1.37. The van der Waals surface area contributed by atoms with E-state index < -0.39 is 0 Å². The number of aliphatic hydroxyl groups is 1. The number of hydrogen-bond acceptors (Lipinski definition) is 2. The Hall–Kier alpha value is -0.860. The maximum atomic E-state index is 8.85. The van der Waals surface area contributed by atoms with Gasteiger partial charge in [0.1, 0.15) is 0 Å². The van der Waals surface area contributed by atoms with Crippen LogP contribution in [0, 0.1) is 0 Å². The van der Waals surface area contributed by atoms with Crippen LogP contribution < -0.4 is 5.73 Å². The van der Waals surface area contributed by atoms with Gasteiger partial charge in [-0.3, -0.25) is 0 Å². The van der Waals surface area contributed by atoms with Gasteiger partial charge >= 0.3 is 0 Å². The second-order valence-corrected chi connectivity index (χ2v) is 3.38. The van der Waals surface area contributed by atoms with Crippen molar-refractivity contribution in [1.29, 1.82) is 0 Å². The van der Waals surface area contributed by atoms with E-state index in [4.69, 9.17) is 10.8 Å². The van der Waals surface area contributed by atoms with Crippen molar-refractivity contribution >= 4 is 0 Å². The second kappa shape index (κ2) is 5.00. The average molecular weight is 179 g/mol. The zero-order valence-electron chi connectivity index (χ0n) is 8.03. The largest absolute Gasteiger partial charge is 0.392 e. The lowest BCUT2D eigenvalue weighted by Gasteiger charge is -2.10. The highest BCUT2D eigenvalue weighted by molar-refractivity contribution is 5.24. The highest BCUT2D eigenvalue weighted by Gasteiger charge is 2.03. The lowest BCUT2D eigenvalue weighted by atomic mass is 9.97. The molecule has 0 spiro atoms. The van der Waals surface area contributed by atoms with E-state index in [9.17, 15) is 0 Å². The van der Waals surface area contributed by atoms with Gasteiger partial charge in [-0.15, -0.1) is 0 Å². The Bertz CT molecular complexity index is 243. The van der Waals surface area contributed by atoms with Crippen molar-refractivity contribution in [2.45, 2.75) is 25.9 Å². The summed E-state index contributed by atoms with van der Waals surface area (Å²) < 4.78 is 0. The molecule has 0 amide bonds. The topological polar surface area (TPSA) is 46.2 Å². The zero-order valence-corrected chi connectivity index (χ0v) is 8.03. The van der Waals surface area contributed by atoms with Crippen LogP contribution in [-0.2, 0) is 6.61 Å². The average Bonchev–Trinajstić information content (AvgIpc) is 2.18. The number of nitrogens with two attached hydrogens (primary N) is 1. The van der Waals surface area contributed by atoms with E-state index in [1.54, 1.807) is 0 Å². The number of aliphatic hydroxyl groups excluding tert-OH is 1. The molecule has 2 heteroatoms. The first-order valence-electron chi connectivity index (χ1n) is 4.67. The Morgan fingerprint density at radius 2 is 1.92 bits per heavy atom. The third kappa shape index (κ3) is 2.83. The molecule has 0 bridgehead atoms. The van der Waals surface area contributed by atoms with Crippen molar-refractivity contribution in [3.05, 3.63) is 35.4 Å². The molecule has 13 heavy (non-hydrogen) atoms. The molecule has 0 aromatic heterocycles. The van der Waals surface area contributed by atoms with Crippen molar-refractivity contribution in [1.82, 2.24) is 0 Å². The molecular formula is C11H17NO. The Morgan fingerprint density at radius 3 is 2.38 bits per heavy atom. The molecule has 1 aromatic carbocycles. The van der Waals surface area contributed by atoms with Crippen molar-refractivity contribution in [2.24, 2.45) is 5.73 Å². The van der Waals surface area contributed by atoms with Gasteiger partial charge in [0.15, 0.2) is 0 Å². The van der Waals surface area contributed by atoms with Crippen molar-refractivity contribution in [3.63, 3.8) is 0 Å². The lowest BCUT2D eigenvalue weighted by Crippen LogP contribution is -2.04. The Kier molecular flexibility index (Phi) is 3.93. The summed E-state index contributed by atoms with van der Waals surface area (Å²) in [5.41, 5.74) is 7.74. The molecule has 1 unspecified atom stereocenters. The molecule has 3 N–H and O–H groups in total. The van der Waals surface area contributed by atoms with Gasteiger partial charge in [0.05, 0.1) is 6.61 Å². The second-order valence-electron chi connectivity index (χ2n) is 3.38. The van der Waals surface area contributed by atoms with Gasteiger partial charge in [-0.2, -0.15) is 0 Å². The monoisotopic (exact) mass is 179 g/mol. The molecule has 0 fully saturated rings. The third-order valence-corrected chi connectivity index (χ3v) is 2.33. The van der Waals surface area contributed by atoms with E-state index in [-0.39, 0.29) is 6.61 Å². The van der Waals surface area contributed by atoms with E-state index in [1.165, 1.54) is 5.56 Å². The standard InChI is InChI=1S/C11H17NO/c1-9(6-7-12)11-4-2-10(8-13)3-5-11/h2-5,9,13H,6-8,12H2,1H3. The van der Waals surface area contributed by atoms with Crippen LogP contribution in [0.3, 0.4) is 0 Å². The van der Waals surface area contributed by atoms with Gasteiger partial charge in [-0.1, -0.05) is 31.2 Å². The first-order valence-corrected chi connectivity index (χ1v) is 4.67. The molecule has 0 saturated carbocycles. The number of benzene rings is 1. The molecule has 0 radical (unpaired) electrons. The summed E-state index contributed by atoms with van der Waals surface area (Å²) in [6.45, 7) is 3.01. The summed E-state index contributed by atoms with van der Waals surface area (Å²) in [6, 6.07) is 8.04. The third-order valence-electron chi connectivity index (χ3n) is 2.33. The molecule has 1 aromatic rings. The highest BCUT2D eigenvalue weighted by atomic mass is 16.3. The van der Waals surface area contributed by atoms with Gasteiger partial charge in [-0.25, -0.2) is 0 Å². The molecule has 2 nitrogen and oxygen atoms in total. The van der Waals surface area contributed by atoms with Crippen LogP contribution in [0.5, 0.6) is 0 Å². The lowest BCUT2D eigenvalue weighted by molar-refractivity contribution is 0.282. The van der Waals surface area contributed by atoms with E-state index in [0.717, 1.165) is 18.5 Å². The molecule has 72 valence electrons. The minimum atomic E-state index is 0.117. The first-order chi connectivity index (χ1) is 6.27. The van der Waals surface area contributed by atoms with Gasteiger partial charge in [0.2, 0.25) is 0 Å². The first kappa shape index (κ1) is 10.2. The maximum absolute atomic E-state index is 8.85. The van der Waals surface area contributed by atoms with E-state index >= 15 is 0 Å². The molecule has 0 heterocycles. The van der Waals surface area contributed by atoms with Gasteiger partial charge in [0.25, 0.3) is 0 Å². The highest BCUT2D eigenvalue weighted by Crippen LogP contribution is 2.18. The smallest absolute Gasteiger partial charge is 0.0681 e. The Morgan fingerprint density at radius 1 is 1.31 bits per heavy atom. The van der Waals surface area contributed by atoms with Crippen molar-refractivity contribution < 1.29 is 5.11 Å². The van der Waals surface area contributed by atoms with Crippen LogP contribution in [0.25, 0.3) is 0 Å². The number of rotatable bonds is 4. The summed E-state index contributed by atoms with van der Waals surface area (Å²) in [5, 5.41) is 8.85. The minimum Gasteiger partial charge on any atom is -0.392 e. The van der Waals surface area contributed by atoms with Crippen LogP contribution in [0.15, 0.2) is 24.3 Å². The van der Waals surface area contributed by atoms with Gasteiger partial charge in [-0.05, 0) is 30.0 Å². The fraction of sp³-hybridized carbons (Fsp3) is 0.455. The SMILES string of the molecule is CC(CCN)c1ccc(CO)cc1. The van der Waals surface area contributed by atoms with Crippen molar-refractivity contribution in [3.8, 4) is 0 Å². The summed E-state index contributed by atoms with van der Waals surface area (Å²) in [7, 11) is 0. The summed E-state index contributed by atoms with van der Waals surface area (Å²) in [4.78, 5) is 0. The maximum Gasteiger partial charge on any atom is 0.0681 e. The van der Waals surface area contributed by atoms with E-state index in [1.807, 2.05) is 12.1 Å². The van der Waals surface area contributed by atoms with Crippen LogP contribution in [0.4, 0.5) is 0 Å².